The second-order valence-corrected chi connectivity index (χ2v) is 4.28. The predicted molar refractivity (Wildman–Crippen MR) is 74.9 cm³/mol. The summed E-state index contributed by atoms with van der Waals surface area (Å²) in [6, 6.07) is 0.382. The maximum absolute atomic E-state index is 10.6. The monoisotopic (exact) mass is 283 g/mol. The lowest BCUT2D eigenvalue weighted by atomic mass is 10.4. The van der Waals surface area contributed by atoms with Crippen molar-refractivity contribution in [3.05, 3.63) is 0 Å². The van der Waals surface area contributed by atoms with Crippen LogP contribution in [0.15, 0.2) is 0 Å². The first kappa shape index (κ1) is 15.9. The molecule has 8 heteroatoms. The van der Waals surface area contributed by atoms with Crippen LogP contribution in [0.2, 0.25) is 0 Å². The molecule has 0 saturated carbocycles. The summed E-state index contributed by atoms with van der Waals surface area (Å²) in [6.45, 7) is 8.30. The maximum Gasteiger partial charge on any atom is 0.323 e. The standard InChI is InChI=1S/C12H21N5O3/c1-5-13-10-15-11(14-8(2)3)17-12(16-10)20-7-6-19-9(4)18/h8H,5-7H2,1-4H3,(H2,13,14,15,16,17). The van der Waals surface area contributed by atoms with Gasteiger partial charge in [-0.05, 0) is 20.8 Å². The van der Waals surface area contributed by atoms with Gasteiger partial charge in [-0.25, -0.2) is 0 Å². The van der Waals surface area contributed by atoms with Gasteiger partial charge in [0.25, 0.3) is 0 Å². The first-order chi connectivity index (χ1) is 9.51. The van der Waals surface area contributed by atoms with Gasteiger partial charge in [0.05, 0.1) is 0 Å². The van der Waals surface area contributed by atoms with E-state index in [1.54, 1.807) is 0 Å². The fourth-order valence-corrected chi connectivity index (χ4v) is 1.30. The third kappa shape index (κ3) is 6.17. The van der Waals surface area contributed by atoms with Crippen LogP contribution < -0.4 is 15.4 Å². The lowest BCUT2D eigenvalue weighted by molar-refractivity contribution is -0.141. The number of aromatic nitrogens is 3. The molecule has 0 spiro atoms. The number of rotatable bonds is 8. The smallest absolute Gasteiger partial charge is 0.323 e. The van der Waals surface area contributed by atoms with Crippen molar-refractivity contribution >= 4 is 17.9 Å². The van der Waals surface area contributed by atoms with E-state index < -0.39 is 0 Å². The summed E-state index contributed by atoms with van der Waals surface area (Å²) in [6.07, 6.45) is 0. The van der Waals surface area contributed by atoms with Gasteiger partial charge in [-0.3, -0.25) is 4.79 Å². The van der Waals surface area contributed by atoms with Crippen molar-refractivity contribution in [1.29, 1.82) is 0 Å². The van der Waals surface area contributed by atoms with Gasteiger partial charge < -0.3 is 20.1 Å². The largest absolute Gasteiger partial charge is 0.462 e. The number of hydrogen-bond donors (Lipinski definition) is 2. The molecule has 0 aromatic carbocycles. The van der Waals surface area contributed by atoms with E-state index >= 15 is 0 Å². The van der Waals surface area contributed by atoms with Crippen LogP contribution in [0.5, 0.6) is 6.01 Å². The Hall–Kier alpha value is -2.12. The quantitative estimate of drug-likeness (QED) is 0.540. The Labute approximate surface area is 118 Å². The minimum atomic E-state index is -0.347. The number of carbonyl (C=O) groups is 1. The Morgan fingerprint density at radius 1 is 1.20 bits per heavy atom. The highest BCUT2D eigenvalue weighted by molar-refractivity contribution is 5.65. The van der Waals surface area contributed by atoms with Gasteiger partial charge in [-0.2, -0.15) is 15.0 Å². The molecule has 0 aliphatic carbocycles. The van der Waals surface area contributed by atoms with E-state index in [9.17, 15) is 4.79 Å². The molecule has 0 bridgehead atoms. The molecule has 0 saturated heterocycles. The van der Waals surface area contributed by atoms with Gasteiger partial charge in [-0.1, -0.05) is 0 Å². The zero-order valence-corrected chi connectivity index (χ0v) is 12.3. The lowest BCUT2D eigenvalue weighted by Crippen LogP contribution is -2.16. The van der Waals surface area contributed by atoms with Gasteiger partial charge >= 0.3 is 12.0 Å². The van der Waals surface area contributed by atoms with Crippen LogP contribution in [0, 0.1) is 0 Å². The molecular weight excluding hydrogens is 262 g/mol. The molecule has 0 aliphatic heterocycles. The molecular formula is C12H21N5O3. The van der Waals surface area contributed by atoms with Gasteiger partial charge in [0.2, 0.25) is 11.9 Å². The summed E-state index contributed by atoms with van der Waals surface area (Å²) in [5.41, 5.74) is 0. The van der Waals surface area contributed by atoms with E-state index in [0.29, 0.717) is 18.4 Å². The molecule has 1 aromatic heterocycles. The number of carbonyl (C=O) groups excluding carboxylic acids is 1. The Morgan fingerprint density at radius 2 is 1.90 bits per heavy atom. The van der Waals surface area contributed by atoms with Crippen molar-refractivity contribution in [1.82, 2.24) is 15.0 Å². The number of nitrogens with zero attached hydrogens (tertiary/aromatic N) is 3. The van der Waals surface area contributed by atoms with Crippen LogP contribution in [0.4, 0.5) is 11.9 Å². The minimum Gasteiger partial charge on any atom is -0.462 e. The molecule has 1 aromatic rings. The van der Waals surface area contributed by atoms with E-state index in [1.165, 1.54) is 6.92 Å². The van der Waals surface area contributed by atoms with Gasteiger partial charge in [-0.15, -0.1) is 0 Å². The summed E-state index contributed by atoms with van der Waals surface area (Å²) >= 11 is 0. The van der Waals surface area contributed by atoms with Crippen molar-refractivity contribution in [2.24, 2.45) is 0 Å². The van der Waals surface area contributed by atoms with Crippen LogP contribution in [0.25, 0.3) is 0 Å². The predicted octanol–water partition coefficient (Wildman–Crippen LogP) is 1.07. The highest BCUT2D eigenvalue weighted by Crippen LogP contribution is 2.11. The van der Waals surface area contributed by atoms with Crippen LogP contribution in [-0.2, 0) is 9.53 Å². The first-order valence-electron chi connectivity index (χ1n) is 6.54. The molecule has 1 heterocycles. The number of esters is 1. The molecule has 112 valence electrons. The number of nitrogens with one attached hydrogen (secondary N) is 2. The maximum atomic E-state index is 10.6. The van der Waals surface area contributed by atoms with E-state index in [1.807, 2.05) is 20.8 Å². The summed E-state index contributed by atoms with van der Waals surface area (Å²) in [5, 5.41) is 6.09. The van der Waals surface area contributed by atoms with Crippen molar-refractivity contribution in [3.8, 4) is 6.01 Å². The lowest BCUT2D eigenvalue weighted by Gasteiger charge is -2.11. The van der Waals surface area contributed by atoms with E-state index in [2.05, 4.69) is 25.6 Å². The van der Waals surface area contributed by atoms with Gasteiger partial charge in [0, 0.05) is 19.5 Å². The third-order valence-corrected chi connectivity index (χ3v) is 1.99. The molecule has 0 amide bonds. The molecule has 1 rings (SSSR count). The fourth-order valence-electron chi connectivity index (χ4n) is 1.30. The molecule has 0 fully saturated rings. The molecule has 8 nitrogen and oxygen atoms in total. The minimum absolute atomic E-state index is 0.157. The van der Waals surface area contributed by atoms with Crippen LogP contribution in [-0.4, -0.2) is 46.7 Å². The Bertz CT molecular complexity index is 439. The van der Waals surface area contributed by atoms with E-state index in [-0.39, 0.29) is 31.2 Å². The summed E-state index contributed by atoms with van der Waals surface area (Å²) in [4.78, 5) is 23.1. The highest BCUT2D eigenvalue weighted by atomic mass is 16.6. The SMILES string of the molecule is CCNc1nc(NC(C)C)nc(OCCOC(C)=O)n1. The molecule has 0 unspecified atom stereocenters. The zero-order chi connectivity index (χ0) is 15.0. The van der Waals surface area contributed by atoms with E-state index in [4.69, 9.17) is 9.47 Å². The Balaban J connectivity index is 2.67. The van der Waals surface area contributed by atoms with Crippen molar-refractivity contribution in [2.45, 2.75) is 33.7 Å². The van der Waals surface area contributed by atoms with Crippen molar-refractivity contribution < 1.29 is 14.3 Å². The first-order valence-corrected chi connectivity index (χ1v) is 6.54. The average molecular weight is 283 g/mol. The third-order valence-electron chi connectivity index (χ3n) is 1.99. The summed E-state index contributed by atoms with van der Waals surface area (Å²) < 4.78 is 10.1. The number of ether oxygens (including phenoxy) is 2. The van der Waals surface area contributed by atoms with Gasteiger partial charge in [0.1, 0.15) is 13.2 Å². The summed E-state index contributed by atoms with van der Waals surface area (Å²) in [5.74, 6) is 0.529. The van der Waals surface area contributed by atoms with Crippen LogP contribution in [0.1, 0.15) is 27.7 Å². The molecule has 0 aliphatic rings. The number of hydrogen-bond acceptors (Lipinski definition) is 8. The average Bonchev–Trinajstić information content (AvgIpc) is 2.34. The van der Waals surface area contributed by atoms with Crippen LogP contribution >= 0.6 is 0 Å². The van der Waals surface area contributed by atoms with Crippen molar-refractivity contribution in [3.63, 3.8) is 0 Å². The Morgan fingerprint density at radius 3 is 2.50 bits per heavy atom. The molecule has 0 atom stereocenters. The number of anilines is 2. The second kappa shape index (κ2) is 8.13. The van der Waals surface area contributed by atoms with Gasteiger partial charge in [0.15, 0.2) is 0 Å². The topological polar surface area (TPSA) is 98.3 Å². The van der Waals surface area contributed by atoms with E-state index in [0.717, 1.165) is 0 Å². The Kier molecular flexibility index (Phi) is 6.48. The normalized spacial score (nSPS) is 10.2. The molecule has 0 radical (unpaired) electrons. The summed E-state index contributed by atoms with van der Waals surface area (Å²) in [7, 11) is 0. The van der Waals surface area contributed by atoms with Crippen LogP contribution in [0.3, 0.4) is 0 Å². The molecule has 2 N–H and O–H groups in total. The fraction of sp³-hybridized carbons (Fsp3) is 0.667. The second-order valence-electron chi connectivity index (χ2n) is 4.28. The molecule has 20 heavy (non-hydrogen) atoms. The van der Waals surface area contributed by atoms with Crippen molar-refractivity contribution in [2.75, 3.05) is 30.4 Å². The highest BCUT2D eigenvalue weighted by Gasteiger charge is 2.08. The zero-order valence-electron chi connectivity index (χ0n) is 12.3.